The van der Waals surface area contributed by atoms with E-state index in [1.165, 1.54) is 0 Å². The first-order chi connectivity index (χ1) is 12.6. The molecule has 0 spiro atoms. The summed E-state index contributed by atoms with van der Waals surface area (Å²) in [6.07, 6.45) is 6.76. The standard InChI is InChI=1S/C18H25N7O/c1-24-18(25-8-3-4-12(19)6-9-25)14(11-23-24)22-10-13-16-15(26-17(13)20)5-2-7-21-16/h2,5,7,11-12,22H,3-4,6,8-10,19-20H2,1H3. The molecule has 4 rings (SSSR count). The van der Waals surface area contributed by atoms with Crippen LogP contribution in [0.2, 0.25) is 0 Å². The van der Waals surface area contributed by atoms with Crippen LogP contribution in [0.4, 0.5) is 17.4 Å². The Bertz CT molecular complexity index is 900. The van der Waals surface area contributed by atoms with E-state index < -0.39 is 0 Å². The van der Waals surface area contributed by atoms with Gasteiger partial charge in [0.25, 0.3) is 0 Å². The van der Waals surface area contributed by atoms with Crippen LogP contribution in [0, 0.1) is 0 Å². The lowest BCUT2D eigenvalue weighted by atomic mass is 10.1. The zero-order chi connectivity index (χ0) is 18.1. The molecule has 0 bridgehead atoms. The Morgan fingerprint density at radius 3 is 3.12 bits per heavy atom. The smallest absolute Gasteiger partial charge is 0.198 e. The van der Waals surface area contributed by atoms with Gasteiger partial charge in [-0.05, 0) is 31.4 Å². The zero-order valence-electron chi connectivity index (χ0n) is 15.0. The molecule has 8 heteroatoms. The van der Waals surface area contributed by atoms with Crippen molar-refractivity contribution in [1.29, 1.82) is 0 Å². The van der Waals surface area contributed by atoms with E-state index in [9.17, 15) is 0 Å². The van der Waals surface area contributed by atoms with Crippen molar-refractivity contribution < 1.29 is 4.42 Å². The summed E-state index contributed by atoms with van der Waals surface area (Å²) >= 11 is 0. The number of pyridine rings is 1. The van der Waals surface area contributed by atoms with Crippen molar-refractivity contribution >= 4 is 28.5 Å². The molecule has 3 aromatic heterocycles. The molecule has 1 unspecified atom stereocenters. The van der Waals surface area contributed by atoms with Gasteiger partial charge in [-0.25, -0.2) is 0 Å². The Kier molecular flexibility index (Phi) is 4.42. The van der Waals surface area contributed by atoms with Crippen LogP contribution in [0.3, 0.4) is 0 Å². The topological polar surface area (TPSA) is 111 Å². The summed E-state index contributed by atoms with van der Waals surface area (Å²) in [7, 11) is 1.97. The third kappa shape index (κ3) is 3.08. The monoisotopic (exact) mass is 355 g/mol. The van der Waals surface area contributed by atoms with Gasteiger partial charge in [-0.1, -0.05) is 0 Å². The Hall–Kier alpha value is -2.74. The molecule has 138 valence electrons. The number of aromatic nitrogens is 3. The van der Waals surface area contributed by atoms with Crippen LogP contribution >= 0.6 is 0 Å². The predicted molar refractivity (Wildman–Crippen MR) is 103 cm³/mol. The van der Waals surface area contributed by atoms with Gasteiger partial charge >= 0.3 is 0 Å². The molecule has 0 aliphatic carbocycles. The molecule has 1 aliphatic heterocycles. The molecule has 0 radical (unpaired) electrons. The van der Waals surface area contributed by atoms with E-state index >= 15 is 0 Å². The van der Waals surface area contributed by atoms with Gasteiger partial charge in [0, 0.05) is 38.9 Å². The number of hydrogen-bond donors (Lipinski definition) is 3. The fraction of sp³-hybridized carbons (Fsp3) is 0.444. The molecule has 3 aromatic rings. The molecule has 0 amide bonds. The lowest BCUT2D eigenvalue weighted by molar-refractivity contribution is 0.601. The zero-order valence-corrected chi connectivity index (χ0v) is 15.0. The highest BCUT2D eigenvalue weighted by Crippen LogP contribution is 2.30. The van der Waals surface area contributed by atoms with Gasteiger partial charge in [0.15, 0.2) is 11.5 Å². The lowest BCUT2D eigenvalue weighted by Crippen LogP contribution is -2.28. The first-order valence-corrected chi connectivity index (χ1v) is 9.01. The van der Waals surface area contributed by atoms with Crippen molar-refractivity contribution in [2.45, 2.75) is 31.8 Å². The van der Waals surface area contributed by atoms with Crippen molar-refractivity contribution in [3.8, 4) is 0 Å². The van der Waals surface area contributed by atoms with Gasteiger partial charge in [0.1, 0.15) is 11.3 Å². The van der Waals surface area contributed by atoms with E-state index in [1.54, 1.807) is 6.20 Å². The highest BCUT2D eigenvalue weighted by atomic mass is 16.3. The summed E-state index contributed by atoms with van der Waals surface area (Å²) in [6, 6.07) is 4.00. The van der Waals surface area contributed by atoms with E-state index in [0.29, 0.717) is 18.0 Å². The average Bonchev–Trinajstić information content (AvgIpc) is 3.06. The van der Waals surface area contributed by atoms with E-state index in [0.717, 1.165) is 54.9 Å². The SMILES string of the molecule is Cn1ncc(NCc2c(N)oc3cccnc23)c1N1CCCC(N)CC1. The summed E-state index contributed by atoms with van der Waals surface area (Å²) < 4.78 is 7.51. The first kappa shape index (κ1) is 16.7. The van der Waals surface area contributed by atoms with Crippen molar-refractivity contribution in [1.82, 2.24) is 14.8 Å². The van der Waals surface area contributed by atoms with Crippen molar-refractivity contribution in [2.75, 3.05) is 29.0 Å². The Morgan fingerprint density at radius 2 is 2.23 bits per heavy atom. The molecule has 8 nitrogen and oxygen atoms in total. The Balaban J connectivity index is 1.56. The molecule has 1 fully saturated rings. The highest BCUT2D eigenvalue weighted by molar-refractivity contribution is 5.81. The third-order valence-corrected chi connectivity index (χ3v) is 5.01. The number of nitrogens with one attached hydrogen (secondary N) is 1. The normalized spacial score (nSPS) is 18.2. The first-order valence-electron chi connectivity index (χ1n) is 9.01. The van der Waals surface area contributed by atoms with Gasteiger partial charge in [-0.3, -0.25) is 9.67 Å². The highest BCUT2D eigenvalue weighted by Gasteiger charge is 2.21. The maximum atomic E-state index is 6.12. The largest absolute Gasteiger partial charge is 0.439 e. The average molecular weight is 355 g/mol. The van der Waals surface area contributed by atoms with Crippen LogP contribution < -0.4 is 21.7 Å². The number of furan rings is 1. The minimum Gasteiger partial charge on any atom is -0.439 e. The Labute approximate surface area is 152 Å². The number of nitrogens with two attached hydrogens (primary N) is 2. The number of aryl methyl sites for hydroxylation is 1. The van der Waals surface area contributed by atoms with Crippen LogP contribution in [-0.4, -0.2) is 33.9 Å². The molecule has 26 heavy (non-hydrogen) atoms. The quantitative estimate of drug-likeness (QED) is 0.657. The fourth-order valence-corrected chi connectivity index (χ4v) is 3.62. The summed E-state index contributed by atoms with van der Waals surface area (Å²) in [6.45, 7) is 2.45. The minimum atomic E-state index is 0.285. The minimum absolute atomic E-state index is 0.285. The predicted octanol–water partition coefficient (Wildman–Crippen LogP) is 2.07. The number of nitrogen functional groups attached to an aromatic ring is 1. The molecular formula is C18H25N7O. The van der Waals surface area contributed by atoms with Crippen LogP contribution in [0.5, 0.6) is 0 Å². The number of anilines is 3. The summed E-state index contributed by atoms with van der Waals surface area (Å²) in [4.78, 5) is 6.75. The number of fused-ring (bicyclic) bond motifs is 1. The summed E-state index contributed by atoms with van der Waals surface area (Å²) in [5, 5.41) is 7.90. The maximum absolute atomic E-state index is 6.12. The van der Waals surface area contributed by atoms with E-state index in [-0.39, 0.29) is 6.04 Å². The summed E-state index contributed by atoms with van der Waals surface area (Å²) in [5.74, 6) is 1.48. The van der Waals surface area contributed by atoms with Gasteiger partial charge in [-0.15, -0.1) is 0 Å². The molecule has 5 N–H and O–H groups in total. The van der Waals surface area contributed by atoms with Gasteiger partial charge in [0.05, 0.1) is 17.4 Å². The second-order valence-corrected chi connectivity index (χ2v) is 6.83. The van der Waals surface area contributed by atoms with E-state index in [1.807, 2.05) is 30.1 Å². The number of rotatable bonds is 4. The van der Waals surface area contributed by atoms with Crippen molar-refractivity contribution in [2.24, 2.45) is 12.8 Å². The third-order valence-electron chi connectivity index (χ3n) is 5.01. The van der Waals surface area contributed by atoms with Crippen LogP contribution in [0.15, 0.2) is 28.9 Å². The molecular weight excluding hydrogens is 330 g/mol. The van der Waals surface area contributed by atoms with Crippen molar-refractivity contribution in [3.63, 3.8) is 0 Å². The number of nitrogens with zero attached hydrogens (tertiary/aromatic N) is 4. The van der Waals surface area contributed by atoms with Gasteiger partial charge < -0.3 is 26.1 Å². The Morgan fingerprint density at radius 1 is 1.35 bits per heavy atom. The van der Waals surface area contributed by atoms with E-state index in [4.69, 9.17) is 15.9 Å². The lowest BCUT2D eigenvalue weighted by Gasteiger charge is -2.24. The van der Waals surface area contributed by atoms with Gasteiger partial charge in [0.2, 0.25) is 0 Å². The van der Waals surface area contributed by atoms with E-state index in [2.05, 4.69) is 20.3 Å². The second kappa shape index (κ2) is 6.87. The molecule has 1 aliphatic rings. The van der Waals surface area contributed by atoms with Crippen molar-refractivity contribution in [3.05, 3.63) is 30.1 Å². The molecule has 1 atom stereocenters. The number of hydrogen-bond acceptors (Lipinski definition) is 7. The van der Waals surface area contributed by atoms with Gasteiger partial charge in [-0.2, -0.15) is 5.10 Å². The molecule has 0 aromatic carbocycles. The molecule has 1 saturated heterocycles. The summed E-state index contributed by atoms with van der Waals surface area (Å²) in [5.41, 5.74) is 15.5. The van der Waals surface area contributed by atoms with Crippen LogP contribution in [0.1, 0.15) is 24.8 Å². The molecule has 4 heterocycles. The second-order valence-electron chi connectivity index (χ2n) is 6.83. The maximum Gasteiger partial charge on any atom is 0.198 e. The van der Waals surface area contributed by atoms with Crippen LogP contribution in [0.25, 0.3) is 11.1 Å². The fourth-order valence-electron chi connectivity index (χ4n) is 3.62. The molecule has 0 saturated carbocycles. The van der Waals surface area contributed by atoms with Crippen LogP contribution in [-0.2, 0) is 13.6 Å².